The lowest BCUT2D eigenvalue weighted by molar-refractivity contribution is 0.661. The maximum Gasteiger partial charge on any atom is 0.0944 e. The Morgan fingerprint density at radius 3 is 3.00 bits per heavy atom. The highest BCUT2D eigenvalue weighted by Gasteiger charge is 2.15. The fourth-order valence-corrected chi connectivity index (χ4v) is 2.36. The van der Waals surface area contributed by atoms with Crippen LogP contribution in [0.15, 0.2) is 24.3 Å². The number of hydrogen-bond donors (Lipinski definition) is 1. The Balaban J connectivity index is 2.09. The number of rotatable bonds is 3. The zero-order valence-electron chi connectivity index (χ0n) is 10.1. The number of nitrogens with two attached hydrogens (primary N) is 1. The molecule has 3 heteroatoms. The molecule has 0 aliphatic carbocycles. The van der Waals surface area contributed by atoms with Gasteiger partial charge in [0.25, 0.3) is 0 Å². The van der Waals surface area contributed by atoms with Gasteiger partial charge in [-0.05, 0) is 37.3 Å². The van der Waals surface area contributed by atoms with Crippen molar-refractivity contribution in [1.29, 1.82) is 5.26 Å². The van der Waals surface area contributed by atoms with Crippen LogP contribution in [0, 0.1) is 11.3 Å². The first-order chi connectivity index (χ1) is 8.31. The van der Waals surface area contributed by atoms with E-state index in [9.17, 15) is 0 Å². The van der Waals surface area contributed by atoms with E-state index in [1.54, 1.807) is 0 Å². The van der Waals surface area contributed by atoms with Gasteiger partial charge in [0.1, 0.15) is 0 Å². The van der Waals surface area contributed by atoms with Crippen LogP contribution in [-0.2, 0) is 6.42 Å². The van der Waals surface area contributed by atoms with Gasteiger partial charge in [0.05, 0.1) is 12.1 Å². The van der Waals surface area contributed by atoms with Crippen LogP contribution in [0.1, 0.15) is 24.8 Å². The molecule has 0 spiro atoms. The van der Waals surface area contributed by atoms with Crippen molar-refractivity contribution in [2.24, 2.45) is 5.73 Å². The van der Waals surface area contributed by atoms with Gasteiger partial charge in [-0.15, -0.1) is 0 Å². The summed E-state index contributed by atoms with van der Waals surface area (Å²) in [6.45, 7) is 1.96. The molecule has 2 N–H and O–H groups in total. The number of anilines is 1. The predicted octanol–water partition coefficient (Wildman–Crippen LogP) is 2.07. The molecule has 1 aliphatic rings. The number of nitrogens with zero attached hydrogens (tertiary/aromatic N) is 2. The van der Waals surface area contributed by atoms with E-state index >= 15 is 0 Å². The molecule has 0 fully saturated rings. The number of fused-ring (bicyclic) bond motifs is 1. The molecule has 1 atom stereocenters. The number of aryl methyl sites for hydroxylation is 1. The van der Waals surface area contributed by atoms with Crippen molar-refractivity contribution in [3.8, 4) is 6.07 Å². The maximum absolute atomic E-state index is 8.72. The monoisotopic (exact) mass is 229 g/mol. The quantitative estimate of drug-likeness (QED) is 0.863. The molecule has 1 aromatic rings. The third kappa shape index (κ3) is 2.98. The molecule has 0 saturated heterocycles. The summed E-state index contributed by atoms with van der Waals surface area (Å²) in [5, 5.41) is 8.72. The lowest BCUT2D eigenvalue weighted by Gasteiger charge is -2.25. The number of para-hydroxylation sites is 1. The van der Waals surface area contributed by atoms with Crippen LogP contribution in [0.4, 0.5) is 5.69 Å². The summed E-state index contributed by atoms with van der Waals surface area (Å²) < 4.78 is 0. The lowest BCUT2D eigenvalue weighted by atomic mass is 10.1. The average Bonchev–Trinajstić information content (AvgIpc) is 2.58. The Hall–Kier alpha value is -1.53. The minimum absolute atomic E-state index is 0.342. The van der Waals surface area contributed by atoms with Gasteiger partial charge in [0, 0.05) is 18.8 Å². The van der Waals surface area contributed by atoms with Crippen molar-refractivity contribution in [2.45, 2.75) is 31.7 Å². The highest BCUT2D eigenvalue weighted by atomic mass is 15.1. The Morgan fingerprint density at radius 1 is 1.35 bits per heavy atom. The van der Waals surface area contributed by atoms with Crippen molar-refractivity contribution in [3.05, 3.63) is 29.8 Å². The highest BCUT2D eigenvalue weighted by Crippen LogP contribution is 2.26. The van der Waals surface area contributed by atoms with Gasteiger partial charge < -0.3 is 10.6 Å². The number of hydrogen-bond acceptors (Lipinski definition) is 3. The lowest BCUT2D eigenvalue weighted by Crippen LogP contribution is -2.30. The van der Waals surface area contributed by atoms with E-state index in [1.165, 1.54) is 24.1 Å². The molecule has 1 aliphatic heterocycles. The molecule has 0 saturated carbocycles. The van der Waals surface area contributed by atoms with E-state index < -0.39 is 0 Å². The smallest absolute Gasteiger partial charge is 0.0944 e. The molecule has 3 nitrogen and oxygen atoms in total. The molecular weight excluding hydrogens is 210 g/mol. The standard InChI is InChI=1S/C14H19N3/c15-11-13(16)8-10-17-9-4-3-6-12-5-1-2-7-14(12)17/h1-2,5,7,13H,3-4,6,8-10,16H2. The van der Waals surface area contributed by atoms with Crippen molar-refractivity contribution in [3.63, 3.8) is 0 Å². The fraction of sp³-hybridized carbons (Fsp3) is 0.500. The number of nitriles is 1. The van der Waals surface area contributed by atoms with Gasteiger partial charge in [0.2, 0.25) is 0 Å². The van der Waals surface area contributed by atoms with Crippen molar-refractivity contribution >= 4 is 5.69 Å². The van der Waals surface area contributed by atoms with Crippen LogP contribution in [0.3, 0.4) is 0 Å². The summed E-state index contributed by atoms with van der Waals surface area (Å²) in [5.41, 5.74) is 8.42. The third-order valence-electron chi connectivity index (χ3n) is 3.33. The van der Waals surface area contributed by atoms with Gasteiger partial charge in [-0.25, -0.2) is 0 Å². The van der Waals surface area contributed by atoms with E-state index in [0.29, 0.717) is 0 Å². The van der Waals surface area contributed by atoms with Crippen molar-refractivity contribution < 1.29 is 0 Å². The summed E-state index contributed by atoms with van der Waals surface area (Å²) in [6.07, 6.45) is 4.37. The molecule has 2 rings (SSSR count). The van der Waals surface area contributed by atoms with Crippen LogP contribution in [0.25, 0.3) is 0 Å². The topological polar surface area (TPSA) is 53.1 Å². The summed E-state index contributed by atoms with van der Waals surface area (Å²) >= 11 is 0. The first kappa shape index (κ1) is 11.9. The van der Waals surface area contributed by atoms with Gasteiger partial charge in [-0.2, -0.15) is 5.26 Å². The molecule has 0 amide bonds. The average molecular weight is 229 g/mol. The van der Waals surface area contributed by atoms with E-state index in [0.717, 1.165) is 25.9 Å². The maximum atomic E-state index is 8.72. The molecule has 1 unspecified atom stereocenters. The van der Waals surface area contributed by atoms with Gasteiger partial charge >= 0.3 is 0 Å². The summed E-state index contributed by atoms with van der Waals surface area (Å²) in [5.74, 6) is 0. The van der Waals surface area contributed by atoms with E-state index in [-0.39, 0.29) is 6.04 Å². The van der Waals surface area contributed by atoms with Crippen LogP contribution in [0.5, 0.6) is 0 Å². The second-order valence-electron chi connectivity index (χ2n) is 4.60. The van der Waals surface area contributed by atoms with Crippen LogP contribution in [0.2, 0.25) is 0 Å². The molecule has 1 aromatic carbocycles. The Kier molecular flexibility index (Phi) is 4.00. The second-order valence-corrected chi connectivity index (χ2v) is 4.60. The largest absolute Gasteiger partial charge is 0.371 e. The van der Waals surface area contributed by atoms with Crippen molar-refractivity contribution in [2.75, 3.05) is 18.0 Å². The van der Waals surface area contributed by atoms with E-state index in [4.69, 9.17) is 11.0 Å². The molecular formula is C14H19N3. The third-order valence-corrected chi connectivity index (χ3v) is 3.33. The minimum Gasteiger partial charge on any atom is -0.371 e. The minimum atomic E-state index is -0.342. The summed E-state index contributed by atoms with van der Waals surface area (Å²) in [6, 6.07) is 10.3. The van der Waals surface area contributed by atoms with E-state index in [2.05, 4.69) is 35.2 Å². The fourth-order valence-electron chi connectivity index (χ4n) is 2.36. The number of benzene rings is 1. The zero-order valence-corrected chi connectivity index (χ0v) is 10.1. The zero-order chi connectivity index (χ0) is 12.1. The molecule has 0 radical (unpaired) electrons. The Morgan fingerprint density at radius 2 is 2.18 bits per heavy atom. The Labute approximate surface area is 103 Å². The first-order valence-electron chi connectivity index (χ1n) is 6.29. The molecule has 0 bridgehead atoms. The highest BCUT2D eigenvalue weighted by molar-refractivity contribution is 5.54. The van der Waals surface area contributed by atoms with Crippen LogP contribution in [-0.4, -0.2) is 19.1 Å². The normalized spacial score (nSPS) is 16.8. The Bertz CT molecular complexity index is 408. The van der Waals surface area contributed by atoms with Gasteiger partial charge in [-0.1, -0.05) is 18.2 Å². The van der Waals surface area contributed by atoms with Crippen LogP contribution >= 0.6 is 0 Å². The van der Waals surface area contributed by atoms with Crippen molar-refractivity contribution in [1.82, 2.24) is 0 Å². The summed E-state index contributed by atoms with van der Waals surface area (Å²) in [7, 11) is 0. The SMILES string of the molecule is N#CC(N)CCN1CCCCc2ccccc21. The first-order valence-corrected chi connectivity index (χ1v) is 6.29. The molecule has 1 heterocycles. The molecule has 90 valence electrons. The van der Waals surface area contributed by atoms with Gasteiger partial charge in [0.15, 0.2) is 0 Å². The molecule has 17 heavy (non-hydrogen) atoms. The van der Waals surface area contributed by atoms with E-state index in [1.807, 2.05) is 0 Å². The predicted molar refractivity (Wildman–Crippen MR) is 69.8 cm³/mol. The second kappa shape index (κ2) is 5.70. The summed E-state index contributed by atoms with van der Waals surface area (Å²) in [4.78, 5) is 2.37. The van der Waals surface area contributed by atoms with Crippen LogP contribution < -0.4 is 10.6 Å². The van der Waals surface area contributed by atoms with Gasteiger partial charge in [-0.3, -0.25) is 0 Å². The molecule has 0 aromatic heterocycles.